The number of hydroxylamine groups is 1. The van der Waals surface area contributed by atoms with Crippen LogP contribution in [0.4, 0.5) is 5.69 Å². The molecule has 2 aromatic rings. The number of benzene rings is 2. The van der Waals surface area contributed by atoms with E-state index in [0.717, 1.165) is 10.3 Å². The van der Waals surface area contributed by atoms with Gasteiger partial charge in [0.2, 0.25) is 0 Å². The highest BCUT2D eigenvalue weighted by Crippen LogP contribution is 2.18. The maximum absolute atomic E-state index is 11.8. The Labute approximate surface area is 116 Å². The van der Waals surface area contributed by atoms with E-state index in [-0.39, 0.29) is 12.2 Å². The van der Waals surface area contributed by atoms with Crippen LogP contribution in [-0.4, -0.2) is 15.9 Å². The summed E-state index contributed by atoms with van der Waals surface area (Å²) in [7, 11) is 0. The van der Waals surface area contributed by atoms with Crippen molar-refractivity contribution in [1.82, 2.24) is 0 Å². The van der Waals surface area contributed by atoms with Gasteiger partial charge < -0.3 is 5.21 Å². The van der Waals surface area contributed by atoms with E-state index in [1.54, 1.807) is 19.1 Å². The van der Waals surface area contributed by atoms with E-state index in [2.05, 4.69) is 0 Å². The van der Waals surface area contributed by atoms with Gasteiger partial charge in [0.25, 0.3) is 5.69 Å². The van der Waals surface area contributed by atoms with Crippen molar-refractivity contribution in [3.05, 3.63) is 80.5 Å². The summed E-state index contributed by atoms with van der Waals surface area (Å²) < 4.78 is 0.768. The summed E-state index contributed by atoms with van der Waals surface area (Å²) in [6.45, 7) is 1.88. The summed E-state index contributed by atoms with van der Waals surface area (Å²) in [5.41, 5.74) is 2.01. The minimum atomic E-state index is -0.445. The second-order valence-electron chi connectivity index (χ2n) is 4.49. The Morgan fingerprint density at radius 3 is 2.45 bits per heavy atom. The minimum Gasteiger partial charge on any atom is -0.624 e. The zero-order valence-electron chi connectivity index (χ0n) is 11.0. The first-order chi connectivity index (χ1) is 9.56. The number of nitrogens with zero attached hydrogens (tertiary/aromatic N) is 2. The molecule has 0 aliphatic carbocycles. The molecule has 0 aliphatic heterocycles. The summed E-state index contributed by atoms with van der Waals surface area (Å²) in [6.07, 6.45) is 1.36. The molecule has 102 valence electrons. The second-order valence-corrected chi connectivity index (χ2v) is 4.49. The Hall–Kier alpha value is -2.69. The first kappa shape index (κ1) is 13.7. The van der Waals surface area contributed by atoms with E-state index >= 15 is 0 Å². The molecular formula is C15H14N2O3. The van der Waals surface area contributed by atoms with E-state index in [1.165, 1.54) is 12.3 Å². The third-order valence-corrected chi connectivity index (χ3v) is 2.90. The topological polar surface area (TPSA) is 69.2 Å². The third kappa shape index (κ3) is 3.41. The number of hydrogen-bond donors (Lipinski definition) is 0. The Morgan fingerprint density at radius 2 is 1.80 bits per heavy atom. The van der Waals surface area contributed by atoms with Gasteiger partial charge in [0.15, 0.2) is 12.8 Å². The number of rotatable bonds is 4. The zero-order chi connectivity index (χ0) is 14.5. The number of aryl methyl sites for hydroxylation is 1. The van der Waals surface area contributed by atoms with Gasteiger partial charge in [-0.1, -0.05) is 36.4 Å². The SMILES string of the molecule is Cc1ccc(/C=[N+](\[O-])Cc2ccccc2)cc1[N+](=O)[O-]. The highest BCUT2D eigenvalue weighted by molar-refractivity contribution is 5.77. The fourth-order valence-corrected chi connectivity index (χ4v) is 1.88. The molecule has 0 spiro atoms. The average Bonchev–Trinajstić information content (AvgIpc) is 2.41. The Balaban J connectivity index is 2.22. The molecule has 0 atom stereocenters. The van der Waals surface area contributed by atoms with Crippen molar-refractivity contribution in [2.24, 2.45) is 0 Å². The first-order valence-electron chi connectivity index (χ1n) is 6.14. The standard InChI is InChI=1S/C15H14N2O3/c1-12-7-8-14(9-15(12)17(19)20)11-16(18)10-13-5-3-2-4-6-13/h2-9,11H,10H2,1H3/b16-11-. The molecule has 0 aromatic heterocycles. The fourth-order valence-electron chi connectivity index (χ4n) is 1.88. The molecular weight excluding hydrogens is 256 g/mol. The van der Waals surface area contributed by atoms with Gasteiger partial charge in [-0.05, 0) is 13.0 Å². The Kier molecular flexibility index (Phi) is 4.10. The van der Waals surface area contributed by atoms with E-state index < -0.39 is 4.92 Å². The quantitative estimate of drug-likeness (QED) is 0.282. The molecule has 0 unspecified atom stereocenters. The summed E-state index contributed by atoms with van der Waals surface area (Å²) in [4.78, 5) is 10.4. The predicted octanol–water partition coefficient (Wildman–Crippen LogP) is 3.03. The number of hydrogen-bond acceptors (Lipinski definition) is 3. The van der Waals surface area contributed by atoms with Crippen LogP contribution in [0.3, 0.4) is 0 Å². The van der Waals surface area contributed by atoms with E-state index in [1.807, 2.05) is 30.3 Å². The van der Waals surface area contributed by atoms with Crippen LogP contribution in [0.25, 0.3) is 0 Å². The summed E-state index contributed by atoms with van der Waals surface area (Å²) in [5, 5.41) is 22.7. The average molecular weight is 270 g/mol. The molecule has 2 aromatic carbocycles. The molecule has 0 heterocycles. The lowest BCUT2D eigenvalue weighted by molar-refractivity contribution is -0.469. The van der Waals surface area contributed by atoms with Crippen LogP contribution in [0.5, 0.6) is 0 Å². The van der Waals surface area contributed by atoms with Crippen molar-refractivity contribution in [3.8, 4) is 0 Å². The van der Waals surface area contributed by atoms with Gasteiger partial charge in [0, 0.05) is 22.8 Å². The fraction of sp³-hybridized carbons (Fsp3) is 0.133. The molecule has 0 fully saturated rings. The van der Waals surface area contributed by atoms with Crippen molar-refractivity contribution in [3.63, 3.8) is 0 Å². The lowest BCUT2D eigenvalue weighted by atomic mass is 10.1. The van der Waals surface area contributed by atoms with Gasteiger partial charge in [-0.3, -0.25) is 10.1 Å². The monoisotopic (exact) mass is 270 g/mol. The van der Waals surface area contributed by atoms with Crippen molar-refractivity contribution in [2.45, 2.75) is 13.5 Å². The van der Waals surface area contributed by atoms with Crippen LogP contribution in [0.2, 0.25) is 0 Å². The van der Waals surface area contributed by atoms with Gasteiger partial charge in [0.1, 0.15) is 0 Å². The molecule has 0 radical (unpaired) electrons. The Bertz CT molecular complexity index is 651. The third-order valence-electron chi connectivity index (χ3n) is 2.90. The normalized spacial score (nSPS) is 11.3. The molecule has 5 nitrogen and oxygen atoms in total. The largest absolute Gasteiger partial charge is 0.624 e. The molecule has 20 heavy (non-hydrogen) atoms. The van der Waals surface area contributed by atoms with Crippen LogP contribution in [-0.2, 0) is 6.54 Å². The van der Waals surface area contributed by atoms with Gasteiger partial charge in [-0.15, -0.1) is 0 Å². The van der Waals surface area contributed by atoms with Gasteiger partial charge in [-0.2, -0.15) is 0 Å². The van der Waals surface area contributed by atoms with Gasteiger partial charge in [0.05, 0.1) is 4.92 Å². The molecule has 0 N–H and O–H groups in total. The van der Waals surface area contributed by atoms with E-state index in [0.29, 0.717) is 11.1 Å². The molecule has 0 saturated carbocycles. The second kappa shape index (κ2) is 5.97. The van der Waals surface area contributed by atoms with Crippen LogP contribution in [0.1, 0.15) is 16.7 Å². The predicted molar refractivity (Wildman–Crippen MR) is 76.8 cm³/mol. The van der Waals surface area contributed by atoms with E-state index in [4.69, 9.17) is 0 Å². The minimum absolute atomic E-state index is 0.0202. The van der Waals surface area contributed by atoms with Gasteiger partial charge in [-0.25, -0.2) is 4.74 Å². The molecule has 2 rings (SSSR count). The van der Waals surface area contributed by atoms with Crippen LogP contribution in [0, 0.1) is 22.2 Å². The summed E-state index contributed by atoms with van der Waals surface area (Å²) in [6, 6.07) is 14.1. The lowest BCUT2D eigenvalue weighted by Gasteiger charge is -2.04. The highest BCUT2D eigenvalue weighted by Gasteiger charge is 2.11. The maximum atomic E-state index is 11.8. The van der Waals surface area contributed by atoms with Crippen molar-refractivity contribution >= 4 is 11.9 Å². The van der Waals surface area contributed by atoms with Crippen LogP contribution in [0.15, 0.2) is 48.5 Å². The number of nitro benzene ring substituents is 1. The summed E-state index contributed by atoms with van der Waals surface area (Å²) >= 11 is 0. The highest BCUT2D eigenvalue weighted by atomic mass is 16.6. The van der Waals surface area contributed by atoms with Crippen LogP contribution < -0.4 is 0 Å². The molecule has 0 amide bonds. The van der Waals surface area contributed by atoms with E-state index in [9.17, 15) is 15.3 Å². The van der Waals surface area contributed by atoms with Crippen LogP contribution >= 0.6 is 0 Å². The molecule has 0 aliphatic rings. The number of nitro groups is 1. The first-order valence-corrected chi connectivity index (χ1v) is 6.14. The van der Waals surface area contributed by atoms with Crippen molar-refractivity contribution in [1.29, 1.82) is 0 Å². The summed E-state index contributed by atoms with van der Waals surface area (Å²) in [5.74, 6) is 0. The molecule has 0 bridgehead atoms. The molecule has 5 heteroatoms. The zero-order valence-corrected chi connectivity index (χ0v) is 11.0. The smallest absolute Gasteiger partial charge is 0.273 e. The van der Waals surface area contributed by atoms with Crippen molar-refractivity contribution < 1.29 is 9.66 Å². The Morgan fingerprint density at radius 1 is 1.10 bits per heavy atom. The van der Waals surface area contributed by atoms with Gasteiger partial charge >= 0.3 is 0 Å². The lowest BCUT2D eigenvalue weighted by Crippen LogP contribution is -2.06. The van der Waals surface area contributed by atoms with Crippen molar-refractivity contribution in [2.75, 3.05) is 0 Å². The maximum Gasteiger partial charge on any atom is 0.273 e. The molecule has 0 saturated heterocycles.